The zero-order valence-electron chi connectivity index (χ0n) is 18.5. The first-order chi connectivity index (χ1) is 14.8. The number of benzene rings is 3. The highest BCUT2D eigenvalue weighted by Crippen LogP contribution is 2.34. The molecular weight excluding hydrogens is 422 g/mol. The van der Waals surface area contributed by atoms with Crippen LogP contribution < -0.4 is 16.0 Å². The van der Waals surface area contributed by atoms with Crippen molar-refractivity contribution in [2.75, 3.05) is 4.90 Å². The predicted octanol–water partition coefficient (Wildman–Crippen LogP) is 4.35. The summed E-state index contributed by atoms with van der Waals surface area (Å²) in [6, 6.07) is 21.7. The maximum Gasteiger partial charge on any atom is 0.249 e. The Kier molecular flexibility index (Phi) is 7.22. The largest absolute Gasteiger partial charge is 0.344 e. The molecule has 0 spiro atoms. The summed E-state index contributed by atoms with van der Waals surface area (Å²) in [4.78, 5) is 28.0. The van der Waals surface area contributed by atoms with Crippen LogP contribution in [-0.2, 0) is 22.6 Å². The minimum atomic E-state index is -0.624. The highest BCUT2D eigenvalue weighted by atomic mass is 35.5. The maximum absolute atomic E-state index is 13.6. The van der Waals surface area contributed by atoms with Gasteiger partial charge in [-0.25, -0.2) is 0 Å². The fourth-order valence-electron chi connectivity index (χ4n) is 4.28. The van der Waals surface area contributed by atoms with Gasteiger partial charge in [-0.2, -0.15) is 0 Å². The Labute approximate surface area is 195 Å². The van der Waals surface area contributed by atoms with E-state index < -0.39 is 11.6 Å². The van der Waals surface area contributed by atoms with Crippen molar-refractivity contribution < 1.29 is 9.59 Å². The molecule has 0 aliphatic carbocycles. The number of hydrogen-bond acceptors (Lipinski definition) is 3. The van der Waals surface area contributed by atoms with Crippen LogP contribution >= 0.6 is 12.4 Å². The third-order valence-electron chi connectivity index (χ3n) is 5.69. The number of anilines is 1. The van der Waals surface area contributed by atoms with E-state index in [0.717, 1.165) is 27.6 Å². The summed E-state index contributed by atoms with van der Waals surface area (Å²) in [5.74, 6) is -0.276. The Hall–Kier alpha value is -2.89. The lowest BCUT2D eigenvalue weighted by Crippen LogP contribution is -2.49. The Morgan fingerprint density at radius 2 is 1.75 bits per heavy atom. The van der Waals surface area contributed by atoms with Crippen LogP contribution in [0.15, 0.2) is 66.7 Å². The molecule has 0 fully saturated rings. The Bertz CT molecular complexity index is 1110. The maximum atomic E-state index is 13.6. The molecule has 6 heteroatoms. The lowest BCUT2D eigenvalue weighted by molar-refractivity contribution is -0.128. The minimum Gasteiger partial charge on any atom is -0.344 e. The van der Waals surface area contributed by atoms with E-state index in [1.54, 1.807) is 0 Å². The summed E-state index contributed by atoms with van der Waals surface area (Å²) < 4.78 is 0. The van der Waals surface area contributed by atoms with Gasteiger partial charge >= 0.3 is 0 Å². The van der Waals surface area contributed by atoms with E-state index in [1.165, 1.54) is 0 Å². The summed E-state index contributed by atoms with van der Waals surface area (Å²) in [6.07, 6.45) is 1.44. The van der Waals surface area contributed by atoms with Crippen LogP contribution in [0.5, 0.6) is 0 Å². The summed E-state index contributed by atoms with van der Waals surface area (Å²) in [7, 11) is 0. The number of carbonyl (C=O) groups excluding carboxylic acids is 2. The molecule has 1 unspecified atom stereocenters. The number of nitrogens with one attached hydrogen (secondary N) is 1. The number of rotatable bonds is 5. The molecule has 168 valence electrons. The molecular formula is C26H30ClN3O2. The zero-order valence-corrected chi connectivity index (χ0v) is 19.3. The van der Waals surface area contributed by atoms with Crippen LogP contribution in [0, 0.1) is 0 Å². The van der Waals surface area contributed by atoms with Crippen molar-refractivity contribution in [1.29, 1.82) is 0 Å². The van der Waals surface area contributed by atoms with E-state index in [0.29, 0.717) is 19.4 Å². The monoisotopic (exact) mass is 451 g/mol. The number of aryl methyl sites for hydroxylation is 1. The molecule has 1 aliphatic rings. The van der Waals surface area contributed by atoms with Crippen molar-refractivity contribution in [2.45, 2.75) is 51.2 Å². The molecule has 1 heterocycles. The quantitative estimate of drug-likeness (QED) is 0.605. The highest BCUT2D eigenvalue weighted by molar-refractivity contribution is 6.03. The molecule has 3 N–H and O–H groups in total. The van der Waals surface area contributed by atoms with Crippen LogP contribution in [0.3, 0.4) is 0 Å². The van der Waals surface area contributed by atoms with Crippen molar-refractivity contribution in [3.05, 3.63) is 77.9 Å². The molecule has 0 aromatic heterocycles. The first-order valence-corrected chi connectivity index (χ1v) is 10.8. The van der Waals surface area contributed by atoms with E-state index in [-0.39, 0.29) is 30.6 Å². The van der Waals surface area contributed by atoms with Gasteiger partial charge in [0.2, 0.25) is 11.8 Å². The Balaban J connectivity index is 0.00000289. The standard InChI is InChI=1S/C26H29N3O2.ClH/c1-26(2,27)16-24(30)28-22-14-13-21-20-11-7-6-10-19(20)12-15-23(21)29(25(22)31)17-18-8-4-3-5-9-18;/h3-12,15,22H,13-14,16-17,27H2,1-2H3,(H,28,30);1H. The van der Waals surface area contributed by atoms with E-state index in [2.05, 4.69) is 23.5 Å². The van der Waals surface area contributed by atoms with Crippen LogP contribution in [0.25, 0.3) is 10.8 Å². The van der Waals surface area contributed by atoms with E-state index in [1.807, 2.05) is 67.3 Å². The molecule has 0 radical (unpaired) electrons. The average molecular weight is 452 g/mol. The molecule has 32 heavy (non-hydrogen) atoms. The van der Waals surface area contributed by atoms with Gasteiger partial charge < -0.3 is 16.0 Å². The van der Waals surface area contributed by atoms with Gasteiger partial charge in [0.25, 0.3) is 0 Å². The van der Waals surface area contributed by atoms with Gasteiger partial charge in [-0.1, -0.05) is 60.7 Å². The minimum absolute atomic E-state index is 0. The van der Waals surface area contributed by atoms with Gasteiger partial charge in [0.05, 0.1) is 6.54 Å². The van der Waals surface area contributed by atoms with Gasteiger partial charge in [0.1, 0.15) is 6.04 Å². The Morgan fingerprint density at radius 1 is 1.06 bits per heavy atom. The van der Waals surface area contributed by atoms with Gasteiger partial charge in [0.15, 0.2) is 0 Å². The van der Waals surface area contributed by atoms with Crippen molar-refractivity contribution in [2.24, 2.45) is 5.73 Å². The van der Waals surface area contributed by atoms with Crippen LogP contribution in [0.1, 0.15) is 37.8 Å². The van der Waals surface area contributed by atoms with Crippen molar-refractivity contribution in [3.63, 3.8) is 0 Å². The summed E-state index contributed by atoms with van der Waals surface area (Å²) in [5.41, 5.74) is 8.50. The number of hydrogen-bond donors (Lipinski definition) is 2. The lowest BCUT2D eigenvalue weighted by Gasteiger charge is -2.27. The average Bonchev–Trinajstić information content (AvgIpc) is 2.85. The normalized spacial score (nSPS) is 16.2. The fraction of sp³-hybridized carbons (Fsp3) is 0.308. The molecule has 1 atom stereocenters. The summed E-state index contributed by atoms with van der Waals surface area (Å²) >= 11 is 0. The van der Waals surface area contributed by atoms with Gasteiger partial charge in [-0.3, -0.25) is 9.59 Å². The van der Waals surface area contributed by atoms with E-state index in [4.69, 9.17) is 5.73 Å². The molecule has 4 rings (SSSR count). The Morgan fingerprint density at radius 3 is 2.47 bits per heavy atom. The first-order valence-electron chi connectivity index (χ1n) is 10.8. The molecule has 3 aromatic carbocycles. The van der Waals surface area contributed by atoms with Gasteiger partial charge in [-0.15, -0.1) is 12.4 Å². The number of nitrogens with zero attached hydrogens (tertiary/aromatic N) is 1. The predicted molar refractivity (Wildman–Crippen MR) is 132 cm³/mol. The molecule has 0 saturated heterocycles. The summed E-state index contributed by atoms with van der Waals surface area (Å²) in [6.45, 7) is 4.08. The second-order valence-corrected chi connectivity index (χ2v) is 9.02. The number of fused-ring (bicyclic) bond motifs is 3. The molecule has 1 aliphatic heterocycles. The third-order valence-corrected chi connectivity index (χ3v) is 5.69. The van der Waals surface area contributed by atoms with E-state index >= 15 is 0 Å². The topological polar surface area (TPSA) is 75.4 Å². The SMILES string of the molecule is CC(C)(N)CC(=O)NC1CCc2c(ccc3ccccc23)N(Cc2ccccc2)C1=O.Cl. The van der Waals surface area contributed by atoms with Gasteiger partial charge in [0, 0.05) is 17.6 Å². The first kappa shape index (κ1) is 23.8. The van der Waals surface area contributed by atoms with Crippen LogP contribution in [0.4, 0.5) is 5.69 Å². The van der Waals surface area contributed by atoms with Crippen molar-refractivity contribution in [1.82, 2.24) is 5.32 Å². The van der Waals surface area contributed by atoms with Crippen molar-refractivity contribution in [3.8, 4) is 0 Å². The second-order valence-electron chi connectivity index (χ2n) is 9.02. The highest BCUT2D eigenvalue weighted by Gasteiger charge is 2.32. The fourth-order valence-corrected chi connectivity index (χ4v) is 4.28. The number of amides is 2. The summed E-state index contributed by atoms with van der Waals surface area (Å²) in [5, 5.41) is 5.26. The molecule has 2 amide bonds. The van der Waals surface area contributed by atoms with E-state index in [9.17, 15) is 9.59 Å². The number of nitrogens with two attached hydrogens (primary N) is 1. The van der Waals surface area contributed by atoms with Crippen molar-refractivity contribution >= 4 is 40.7 Å². The lowest BCUT2D eigenvalue weighted by atomic mass is 9.98. The van der Waals surface area contributed by atoms with Gasteiger partial charge in [-0.05, 0) is 54.7 Å². The number of carbonyl (C=O) groups is 2. The third kappa shape index (κ3) is 5.29. The van der Waals surface area contributed by atoms with Crippen LogP contribution in [-0.4, -0.2) is 23.4 Å². The second kappa shape index (κ2) is 9.72. The molecule has 0 saturated carbocycles. The van der Waals surface area contributed by atoms with Crippen LogP contribution in [0.2, 0.25) is 0 Å². The molecule has 3 aromatic rings. The molecule has 5 nitrogen and oxygen atoms in total. The zero-order chi connectivity index (χ0) is 22.0. The molecule has 0 bridgehead atoms. The number of halogens is 1. The smallest absolute Gasteiger partial charge is 0.249 e.